The molecule has 0 aromatic carbocycles. The summed E-state index contributed by atoms with van der Waals surface area (Å²) >= 11 is 0. The number of nitrogens with zero attached hydrogens (tertiary/aromatic N) is 3. The van der Waals surface area contributed by atoms with Crippen LogP contribution in [0.5, 0.6) is 5.88 Å². The van der Waals surface area contributed by atoms with Crippen molar-refractivity contribution in [1.29, 1.82) is 0 Å². The molecule has 2 aliphatic rings. The highest BCUT2D eigenvalue weighted by Gasteiger charge is 2.38. The second-order valence-electron chi connectivity index (χ2n) is 7.38. The van der Waals surface area contributed by atoms with Gasteiger partial charge in [0.05, 0.1) is 24.5 Å². The van der Waals surface area contributed by atoms with Crippen LogP contribution >= 0.6 is 0 Å². The Labute approximate surface area is 165 Å². The third-order valence-corrected chi connectivity index (χ3v) is 5.25. The Kier molecular flexibility index (Phi) is 5.20. The number of fused-ring (bicyclic) bond motifs is 7. The average Bonchev–Trinajstić information content (AvgIpc) is 3.30. The Morgan fingerprint density at radius 2 is 2.14 bits per heavy atom. The van der Waals surface area contributed by atoms with Gasteiger partial charge in [-0.1, -0.05) is 0 Å². The van der Waals surface area contributed by atoms with E-state index in [9.17, 15) is 13.6 Å². The number of anilines is 2. The SMILES string of the molecule is C[C@@H]1NC(=O)O[C@@H]2CC[C@@H](C2)c2cc(n[nH]2)Nc2cnnc(c2)OCCC1(F)F. The number of ether oxygens (including phenoxy) is 2. The molecule has 3 atom stereocenters. The van der Waals surface area contributed by atoms with Gasteiger partial charge in [0.1, 0.15) is 6.10 Å². The van der Waals surface area contributed by atoms with Gasteiger partial charge in [0, 0.05) is 30.2 Å². The van der Waals surface area contributed by atoms with E-state index in [1.165, 1.54) is 13.1 Å². The van der Waals surface area contributed by atoms with E-state index in [0.29, 0.717) is 24.3 Å². The molecule has 3 N–H and O–H groups in total. The first-order valence-corrected chi connectivity index (χ1v) is 9.52. The topological polar surface area (TPSA) is 114 Å². The molecule has 29 heavy (non-hydrogen) atoms. The Bertz CT molecular complexity index is 877. The normalized spacial score (nSPS) is 26.9. The molecule has 2 aromatic rings. The zero-order chi connectivity index (χ0) is 20.4. The second-order valence-corrected chi connectivity index (χ2v) is 7.38. The van der Waals surface area contributed by atoms with Crippen LogP contribution in [0.25, 0.3) is 0 Å². The molecular formula is C18H22F2N6O3. The molecule has 3 heterocycles. The van der Waals surface area contributed by atoms with Crippen molar-refractivity contribution in [1.82, 2.24) is 25.7 Å². The number of amides is 1. The van der Waals surface area contributed by atoms with E-state index in [1.54, 1.807) is 6.07 Å². The standard InChI is InChI=1S/C18H22F2N6O3/c1-10-18(19,20)4-5-28-16-7-12(9-21-26-16)23-15-8-14(24-25-15)11-2-3-13(6-11)29-17(27)22-10/h7-11,13H,2-6H2,1H3,(H,22,27)(H2,23,24,25)/t10-,11-,13+/m0/s1. The minimum absolute atomic E-state index is 0.112. The molecule has 0 saturated heterocycles. The first-order valence-electron chi connectivity index (χ1n) is 9.52. The van der Waals surface area contributed by atoms with Crippen LogP contribution in [0.2, 0.25) is 0 Å². The molecule has 1 amide bonds. The van der Waals surface area contributed by atoms with Gasteiger partial charge in [-0.2, -0.15) is 10.2 Å². The number of alkyl halides is 2. The van der Waals surface area contributed by atoms with Gasteiger partial charge in [-0.05, 0) is 26.2 Å². The molecule has 1 fully saturated rings. The summed E-state index contributed by atoms with van der Waals surface area (Å²) in [4.78, 5) is 12.1. The van der Waals surface area contributed by atoms with Gasteiger partial charge in [-0.25, -0.2) is 13.6 Å². The van der Waals surface area contributed by atoms with Crippen molar-refractivity contribution >= 4 is 17.6 Å². The number of nitrogens with one attached hydrogen (secondary N) is 3. The third-order valence-electron chi connectivity index (χ3n) is 5.25. The zero-order valence-electron chi connectivity index (χ0n) is 15.8. The molecule has 1 saturated carbocycles. The van der Waals surface area contributed by atoms with Crippen LogP contribution in [0.4, 0.5) is 25.1 Å². The maximum absolute atomic E-state index is 14.3. The van der Waals surface area contributed by atoms with E-state index in [-0.39, 0.29) is 24.5 Å². The van der Waals surface area contributed by atoms with Crippen molar-refractivity contribution in [2.45, 2.75) is 56.6 Å². The predicted molar refractivity (Wildman–Crippen MR) is 98.4 cm³/mol. The summed E-state index contributed by atoms with van der Waals surface area (Å²) in [6, 6.07) is 2.05. The van der Waals surface area contributed by atoms with Crippen molar-refractivity contribution < 1.29 is 23.0 Å². The monoisotopic (exact) mass is 408 g/mol. The number of halogens is 2. The van der Waals surface area contributed by atoms with Crippen molar-refractivity contribution in [2.75, 3.05) is 11.9 Å². The van der Waals surface area contributed by atoms with Crippen LogP contribution < -0.4 is 15.4 Å². The quantitative estimate of drug-likeness (QED) is 0.614. The fourth-order valence-corrected chi connectivity index (χ4v) is 3.55. The minimum Gasteiger partial charge on any atom is -0.476 e. The summed E-state index contributed by atoms with van der Waals surface area (Å²) < 4.78 is 39.4. The van der Waals surface area contributed by atoms with E-state index < -0.39 is 24.5 Å². The fourth-order valence-electron chi connectivity index (χ4n) is 3.55. The van der Waals surface area contributed by atoms with Crippen LogP contribution in [0, 0.1) is 0 Å². The predicted octanol–water partition coefficient (Wildman–Crippen LogP) is 3.11. The van der Waals surface area contributed by atoms with E-state index in [4.69, 9.17) is 9.47 Å². The Hall–Kier alpha value is -2.98. The third kappa shape index (κ3) is 4.54. The molecule has 1 aliphatic heterocycles. The maximum atomic E-state index is 14.3. The maximum Gasteiger partial charge on any atom is 0.407 e. The molecule has 1 aliphatic carbocycles. The Morgan fingerprint density at radius 3 is 3.00 bits per heavy atom. The minimum atomic E-state index is -3.17. The fraction of sp³-hybridized carbons (Fsp3) is 0.556. The van der Waals surface area contributed by atoms with Gasteiger partial charge in [0.15, 0.2) is 5.82 Å². The lowest BCUT2D eigenvalue weighted by Crippen LogP contribution is -2.47. The van der Waals surface area contributed by atoms with Gasteiger partial charge < -0.3 is 20.1 Å². The Morgan fingerprint density at radius 1 is 1.28 bits per heavy atom. The summed E-state index contributed by atoms with van der Waals surface area (Å²) in [7, 11) is 0. The molecule has 4 rings (SSSR count). The number of rotatable bonds is 0. The zero-order valence-corrected chi connectivity index (χ0v) is 15.8. The van der Waals surface area contributed by atoms with Crippen molar-refractivity contribution in [3.63, 3.8) is 0 Å². The van der Waals surface area contributed by atoms with E-state index in [1.807, 2.05) is 6.07 Å². The number of aromatic nitrogens is 4. The Balaban J connectivity index is 1.56. The summed E-state index contributed by atoms with van der Waals surface area (Å²) in [6.07, 6.45) is 1.81. The summed E-state index contributed by atoms with van der Waals surface area (Å²) in [5.41, 5.74) is 1.49. The number of aromatic amines is 1. The van der Waals surface area contributed by atoms with Crippen LogP contribution in [0.1, 0.15) is 44.2 Å². The van der Waals surface area contributed by atoms with Crippen molar-refractivity contribution in [3.8, 4) is 5.88 Å². The second kappa shape index (κ2) is 7.80. The number of carbonyl (C=O) groups excluding carboxylic acids is 1. The average molecular weight is 408 g/mol. The van der Waals surface area contributed by atoms with E-state index in [2.05, 4.69) is 31.0 Å². The molecule has 11 heteroatoms. The number of alkyl carbamates (subject to hydrolysis) is 1. The summed E-state index contributed by atoms with van der Waals surface area (Å²) in [5.74, 6) is -2.33. The number of hydrogen-bond donors (Lipinski definition) is 3. The molecule has 2 aromatic heterocycles. The van der Waals surface area contributed by atoms with Gasteiger partial charge in [-0.3, -0.25) is 5.10 Å². The highest BCUT2D eigenvalue weighted by molar-refractivity contribution is 5.68. The first kappa shape index (κ1) is 19.3. The van der Waals surface area contributed by atoms with Gasteiger partial charge in [0.25, 0.3) is 5.92 Å². The molecule has 6 bridgehead atoms. The highest BCUT2D eigenvalue weighted by Crippen LogP contribution is 2.36. The molecule has 156 valence electrons. The lowest BCUT2D eigenvalue weighted by atomic mass is 10.0. The van der Waals surface area contributed by atoms with Crippen LogP contribution in [-0.2, 0) is 4.74 Å². The smallest absolute Gasteiger partial charge is 0.407 e. The van der Waals surface area contributed by atoms with Crippen LogP contribution in [0.3, 0.4) is 0 Å². The van der Waals surface area contributed by atoms with E-state index in [0.717, 1.165) is 12.1 Å². The number of hydrogen-bond acceptors (Lipinski definition) is 7. The summed E-state index contributed by atoms with van der Waals surface area (Å²) in [5, 5.41) is 20.2. The molecule has 0 unspecified atom stereocenters. The molecule has 9 nitrogen and oxygen atoms in total. The van der Waals surface area contributed by atoms with Crippen LogP contribution in [0.15, 0.2) is 18.3 Å². The molecule has 0 radical (unpaired) electrons. The first-order chi connectivity index (χ1) is 13.9. The number of H-pyrrole nitrogens is 1. The van der Waals surface area contributed by atoms with Crippen molar-refractivity contribution in [3.05, 3.63) is 24.0 Å². The lowest BCUT2D eigenvalue weighted by molar-refractivity contribution is -0.0485. The van der Waals surface area contributed by atoms with Gasteiger partial charge in [-0.15, -0.1) is 5.10 Å². The van der Waals surface area contributed by atoms with Gasteiger partial charge in [0.2, 0.25) is 5.88 Å². The largest absolute Gasteiger partial charge is 0.476 e. The van der Waals surface area contributed by atoms with E-state index >= 15 is 0 Å². The summed E-state index contributed by atoms with van der Waals surface area (Å²) in [6.45, 7) is 0.955. The van der Waals surface area contributed by atoms with Crippen molar-refractivity contribution in [2.24, 2.45) is 0 Å². The molecular weight excluding hydrogens is 386 g/mol. The van der Waals surface area contributed by atoms with Gasteiger partial charge >= 0.3 is 6.09 Å². The molecule has 0 spiro atoms. The lowest BCUT2D eigenvalue weighted by Gasteiger charge is -2.25. The highest BCUT2D eigenvalue weighted by atomic mass is 19.3. The van der Waals surface area contributed by atoms with Crippen LogP contribution in [-0.4, -0.2) is 51.2 Å². The number of carbonyl (C=O) groups is 1.